The predicted molar refractivity (Wildman–Crippen MR) is 69.3 cm³/mol. The van der Waals surface area contributed by atoms with Crippen molar-refractivity contribution in [2.75, 3.05) is 0 Å². The Labute approximate surface area is 99.7 Å². The molecule has 0 fully saturated rings. The third-order valence-corrected chi connectivity index (χ3v) is 3.00. The molecule has 3 rings (SSSR count). The lowest BCUT2D eigenvalue weighted by atomic mass is 10.1. The van der Waals surface area contributed by atoms with E-state index in [4.69, 9.17) is 0 Å². The molecule has 0 amide bonds. The number of hydrogen-bond acceptors (Lipinski definition) is 1. The lowest BCUT2D eigenvalue weighted by Gasteiger charge is -2.02. The van der Waals surface area contributed by atoms with Crippen molar-refractivity contribution in [2.24, 2.45) is 0 Å². The number of benzene rings is 2. The van der Waals surface area contributed by atoms with Crippen molar-refractivity contribution in [3.8, 4) is 11.3 Å². The Balaban J connectivity index is 2.28. The van der Waals surface area contributed by atoms with E-state index in [1.54, 1.807) is 0 Å². The quantitative estimate of drug-likeness (QED) is 0.623. The fourth-order valence-corrected chi connectivity index (χ4v) is 2.11. The molecule has 0 radical (unpaired) electrons. The van der Waals surface area contributed by atoms with Gasteiger partial charge in [0.05, 0.1) is 11.2 Å². The van der Waals surface area contributed by atoms with E-state index in [0.29, 0.717) is 0 Å². The van der Waals surface area contributed by atoms with Gasteiger partial charge in [-0.15, -0.1) is 0 Å². The number of nitrogens with zero attached hydrogens (tertiary/aromatic N) is 1. The first-order chi connectivity index (χ1) is 8.25. The largest absolute Gasteiger partial charge is 0.428 e. The molecule has 0 aliphatic rings. The van der Waals surface area contributed by atoms with Crippen molar-refractivity contribution in [1.82, 2.24) is 4.73 Å². The first-order valence-electron chi connectivity index (χ1n) is 5.62. The fraction of sp³-hybridized carbons (Fsp3) is 0.0667. The fourth-order valence-electron chi connectivity index (χ4n) is 2.11. The molecule has 0 spiro atoms. The molecule has 84 valence electrons. The summed E-state index contributed by atoms with van der Waals surface area (Å²) < 4.78 is 1.26. The van der Waals surface area contributed by atoms with Crippen molar-refractivity contribution < 1.29 is 5.21 Å². The summed E-state index contributed by atoms with van der Waals surface area (Å²) in [6.07, 6.45) is 0. The molecule has 2 nitrogen and oxygen atoms in total. The summed E-state index contributed by atoms with van der Waals surface area (Å²) in [6.45, 7) is 2.02. The number of hydrogen-bond donors (Lipinski definition) is 1. The van der Waals surface area contributed by atoms with Crippen LogP contribution in [0.1, 0.15) is 5.56 Å². The first kappa shape index (κ1) is 9.97. The molecule has 3 aromatic rings. The molecular weight excluding hydrogens is 210 g/mol. The van der Waals surface area contributed by atoms with Crippen LogP contribution in [0.2, 0.25) is 0 Å². The van der Waals surface area contributed by atoms with E-state index in [1.165, 1.54) is 4.73 Å². The van der Waals surface area contributed by atoms with E-state index in [-0.39, 0.29) is 0 Å². The second kappa shape index (κ2) is 3.67. The van der Waals surface area contributed by atoms with Gasteiger partial charge in [0.25, 0.3) is 0 Å². The molecule has 0 bridgehead atoms. The van der Waals surface area contributed by atoms with Crippen LogP contribution in [0.5, 0.6) is 0 Å². The molecule has 17 heavy (non-hydrogen) atoms. The van der Waals surface area contributed by atoms with Gasteiger partial charge in [-0.05, 0) is 24.6 Å². The summed E-state index contributed by atoms with van der Waals surface area (Å²) in [4.78, 5) is 0. The van der Waals surface area contributed by atoms with E-state index in [9.17, 15) is 5.21 Å². The highest BCUT2D eigenvalue weighted by molar-refractivity contribution is 5.87. The SMILES string of the molecule is Cc1ccc2cc(-c3ccccc3)n(O)c2c1. The Kier molecular flexibility index (Phi) is 2.15. The normalized spacial score (nSPS) is 10.9. The molecule has 1 aromatic heterocycles. The predicted octanol–water partition coefficient (Wildman–Crippen LogP) is 3.85. The van der Waals surface area contributed by atoms with Gasteiger partial charge in [-0.2, -0.15) is 4.73 Å². The molecule has 0 saturated heterocycles. The molecule has 1 N–H and O–H groups in total. The Bertz CT molecular complexity index is 668. The van der Waals surface area contributed by atoms with Crippen LogP contribution in [0.4, 0.5) is 0 Å². The summed E-state index contributed by atoms with van der Waals surface area (Å²) in [5, 5.41) is 11.2. The standard InChI is InChI=1S/C15H13NO/c1-11-7-8-13-10-15(16(17)14(13)9-11)12-5-3-2-4-6-12/h2-10,17H,1H3. The molecule has 0 saturated carbocycles. The number of aromatic nitrogens is 1. The van der Waals surface area contributed by atoms with Crippen molar-refractivity contribution in [3.05, 3.63) is 60.2 Å². The summed E-state index contributed by atoms with van der Waals surface area (Å²) in [7, 11) is 0. The zero-order chi connectivity index (χ0) is 11.8. The molecule has 0 atom stereocenters. The molecule has 0 unspecified atom stereocenters. The molecule has 0 aliphatic heterocycles. The van der Waals surface area contributed by atoms with Crippen molar-refractivity contribution in [3.63, 3.8) is 0 Å². The van der Waals surface area contributed by atoms with Crippen molar-refractivity contribution in [2.45, 2.75) is 6.92 Å². The second-order valence-corrected chi connectivity index (χ2v) is 4.27. The average Bonchev–Trinajstić information content (AvgIpc) is 2.68. The van der Waals surface area contributed by atoms with Gasteiger partial charge in [0.1, 0.15) is 0 Å². The highest BCUT2D eigenvalue weighted by atomic mass is 16.5. The van der Waals surface area contributed by atoms with Crippen LogP contribution >= 0.6 is 0 Å². The average molecular weight is 223 g/mol. The highest BCUT2D eigenvalue weighted by Crippen LogP contribution is 2.27. The summed E-state index contributed by atoms with van der Waals surface area (Å²) in [5.74, 6) is 0. The Hall–Kier alpha value is -2.22. The zero-order valence-electron chi connectivity index (χ0n) is 9.59. The van der Waals surface area contributed by atoms with Crippen LogP contribution in [0.25, 0.3) is 22.2 Å². The van der Waals surface area contributed by atoms with Crippen LogP contribution in [0.3, 0.4) is 0 Å². The minimum atomic E-state index is 0.825. The molecule has 2 aromatic carbocycles. The van der Waals surface area contributed by atoms with E-state index in [1.807, 2.05) is 55.5 Å². The topological polar surface area (TPSA) is 25.2 Å². The molecular formula is C15H13NO. The third kappa shape index (κ3) is 1.58. The van der Waals surface area contributed by atoms with E-state index >= 15 is 0 Å². The third-order valence-electron chi connectivity index (χ3n) is 3.00. The summed E-state index contributed by atoms with van der Waals surface area (Å²) in [5.41, 5.74) is 3.84. The van der Waals surface area contributed by atoms with Gasteiger partial charge in [0.2, 0.25) is 0 Å². The van der Waals surface area contributed by atoms with Gasteiger partial charge in [-0.1, -0.05) is 42.5 Å². The number of aryl methyl sites for hydroxylation is 1. The maximum Gasteiger partial charge on any atom is 0.0878 e. The van der Waals surface area contributed by atoms with Crippen LogP contribution < -0.4 is 0 Å². The maximum absolute atomic E-state index is 10.2. The number of fused-ring (bicyclic) bond motifs is 1. The van der Waals surface area contributed by atoms with Gasteiger partial charge < -0.3 is 5.21 Å². The van der Waals surface area contributed by atoms with Crippen molar-refractivity contribution >= 4 is 10.9 Å². The van der Waals surface area contributed by atoms with Gasteiger partial charge >= 0.3 is 0 Å². The first-order valence-corrected chi connectivity index (χ1v) is 5.62. The lowest BCUT2D eigenvalue weighted by Crippen LogP contribution is -1.92. The Morgan fingerprint density at radius 3 is 2.47 bits per heavy atom. The number of rotatable bonds is 1. The monoisotopic (exact) mass is 223 g/mol. The smallest absolute Gasteiger partial charge is 0.0878 e. The zero-order valence-corrected chi connectivity index (χ0v) is 9.59. The Morgan fingerprint density at radius 2 is 1.71 bits per heavy atom. The van der Waals surface area contributed by atoms with Crippen LogP contribution in [0.15, 0.2) is 54.6 Å². The molecule has 1 heterocycles. The van der Waals surface area contributed by atoms with E-state index in [2.05, 4.69) is 6.07 Å². The molecule has 0 aliphatic carbocycles. The van der Waals surface area contributed by atoms with Crippen LogP contribution in [-0.2, 0) is 0 Å². The van der Waals surface area contributed by atoms with Gasteiger partial charge in [-0.3, -0.25) is 0 Å². The summed E-state index contributed by atoms with van der Waals surface area (Å²) >= 11 is 0. The van der Waals surface area contributed by atoms with Gasteiger partial charge in [0, 0.05) is 10.9 Å². The van der Waals surface area contributed by atoms with Crippen molar-refractivity contribution in [1.29, 1.82) is 0 Å². The second-order valence-electron chi connectivity index (χ2n) is 4.27. The minimum absolute atomic E-state index is 0.825. The van der Waals surface area contributed by atoms with Crippen LogP contribution in [0, 0.1) is 6.92 Å². The van der Waals surface area contributed by atoms with Gasteiger partial charge in [0.15, 0.2) is 0 Å². The minimum Gasteiger partial charge on any atom is -0.428 e. The molecule has 2 heteroatoms. The highest BCUT2D eigenvalue weighted by Gasteiger charge is 2.09. The van der Waals surface area contributed by atoms with Gasteiger partial charge in [-0.25, -0.2) is 0 Å². The van der Waals surface area contributed by atoms with E-state index < -0.39 is 0 Å². The Morgan fingerprint density at radius 1 is 0.941 bits per heavy atom. The maximum atomic E-state index is 10.2. The summed E-state index contributed by atoms with van der Waals surface area (Å²) in [6, 6.07) is 18.0. The van der Waals surface area contributed by atoms with Crippen LogP contribution in [-0.4, -0.2) is 9.94 Å². The van der Waals surface area contributed by atoms with E-state index in [0.717, 1.165) is 27.7 Å². The lowest BCUT2D eigenvalue weighted by molar-refractivity contribution is 0.205.